The maximum atomic E-state index is 10.2. The Morgan fingerprint density at radius 1 is 1.07 bits per heavy atom. The van der Waals surface area contributed by atoms with Gasteiger partial charge in [-0.1, -0.05) is 0 Å². The van der Waals surface area contributed by atoms with E-state index in [1.165, 1.54) is 6.33 Å². The summed E-state index contributed by atoms with van der Waals surface area (Å²) >= 11 is 0. The van der Waals surface area contributed by atoms with Crippen LogP contribution in [0.15, 0.2) is 12.7 Å². The van der Waals surface area contributed by atoms with E-state index in [0.29, 0.717) is 22.9 Å². The summed E-state index contributed by atoms with van der Waals surface area (Å²) < 4.78 is 7.30. The summed E-state index contributed by atoms with van der Waals surface area (Å²) in [5.41, 5.74) is 1.21. The summed E-state index contributed by atoms with van der Waals surface area (Å²) in [6, 6.07) is 0.178. The zero-order valence-corrected chi connectivity index (χ0v) is 15.3. The second kappa shape index (κ2) is 6.89. The third-order valence-electron chi connectivity index (χ3n) is 6.52. The highest BCUT2D eigenvalue weighted by molar-refractivity contribution is 5.82. The van der Waals surface area contributed by atoms with Crippen molar-refractivity contribution in [2.24, 2.45) is 11.8 Å². The van der Waals surface area contributed by atoms with Crippen LogP contribution >= 0.6 is 0 Å². The van der Waals surface area contributed by atoms with E-state index >= 15 is 0 Å². The van der Waals surface area contributed by atoms with Crippen LogP contribution < -0.4 is 5.32 Å². The zero-order chi connectivity index (χ0) is 19.4. The summed E-state index contributed by atoms with van der Waals surface area (Å²) in [4.78, 5) is 13.1. The van der Waals surface area contributed by atoms with Gasteiger partial charge in [-0.05, 0) is 25.2 Å². The lowest BCUT2D eigenvalue weighted by molar-refractivity contribution is -0.0262. The third kappa shape index (κ3) is 2.87. The van der Waals surface area contributed by atoms with Crippen LogP contribution in [0.2, 0.25) is 0 Å². The Labute approximate surface area is 161 Å². The number of aliphatic hydroxyl groups excluding tert-OH is 4. The molecule has 2 aromatic heterocycles. The predicted molar refractivity (Wildman–Crippen MR) is 97.3 cm³/mol. The fourth-order valence-electron chi connectivity index (χ4n) is 5.10. The van der Waals surface area contributed by atoms with E-state index < -0.39 is 24.4 Å². The first-order chi connectivity index (χ1) is 13.5. The van der Waals surface area contributed by atoms with Crippen molar-refractivity contribution >= 4 is 17.0 Å². The van der Waals surface area contributed by atoms with E-state index in [-0.39, 0.29) is 31.2 Å². The zero-order valence-electron chi connectivity index (χ0n) is 15.3. The van der Waals surface area contributed by atoms with Crippen molar-refractivity contribution in [2.45, 2.75) is 62.4 Å². The lowest BCUT2D eigenvalue weighted by Crippen LogP contribution is -2.35. The minimum atomic E-state index is -1.12. The molecule has 28 heavy (non-hydrogen) atoms. The highest BCUT2D eigenvalue weighted by Gasteiger charge is 2.46. The average molecular weight is 391 g/mol. The monoisotopic (exact) mass is 391 g/mol. The summed E-state index contributed by atoms with van der Waals surface area (Å²) in [5, 5.41) is 43.0. The van der Waals surface area contributed by atoms with E-state index in [1.54, 1.807) is 10.9 Å². The number of imidazole rings is 1. The topological polar surface area (TPSA) is 146 Å². The largest absolute Gasteiger partial charge is 0.394 e. The van der Waals surface area contributed by atoms with Crippen molar-refractivity contribution in [3.05, 3.63) is 12.7 Å². The van der Waals surface area contributed by atoms with Gasteiger partial charge >= 0.3 is 0 Å². The van der Waals surface area contributed by atoms with Gasteiger partial charge in [0.1, 0.15) is 36.3 Å². The summed E-state index contributed by atoms with van der Waals surface area (Å²) in [7, 11) is 0. The molecule has 1 saturated heterocycles. The molecule has 3 heterocycles. The van der Waals surface area contributed by atoms with Crippen LogP contribution in [-0.2, 0) is 11.3 Å². The van der Waals surface area contributed by atoms with Crippen LogP contribution in [0.5, 0.6) is 0 Å². The molecule has 0 amide bonds. The Hall–Kier alpha value is -1.85. The first-order valence-electron chi connectivity index (χ1n) is 9.78. The number of aliphatic hydroxyl groups is 4. The summed E-state index contributed by atoms with van der Waals surface area (Å²) in [6.45, 7) is -0.112. The van der Waals surface area contributed by atoms with Gasteiger partial charge in [-0.25, -0.2) is 15.0 Å². The predicted octanol–water partition coefficient (Wildman–Crippen LogP) is -1.12. The van der Waals surface area contributed by atoms with Crippen LogP contribution in [0.25, 0.3) is 11.2 Å². The molecule has 0 spiro atoms. The first kappa shape index (κ1) is 18.2. The van der Waals surface area contributed by atoms with Gasteiger partial charge in [0.2, 0.25) is 0 Å². The molecule has 3 aliphatic rings. The van der Waals surface area contributed by atoms with E-state index in [1.807, 2.05) is 0 Å². The number of hydrogen-bond donors (Lipinski definition) is 5. The number of anilines is 1. The Balaban J connectivity index is 1.36. The molecule has 10 nitrogen and oxygen atoms in total. The maximum absolute atomic E-state index is 10.2. The highest BCUT2D eigenvalue weighted by atomic mass is 16.6. The fraction of sp³-hybridized carbons (Fsp3) is 0.722. The number of nitrogens with zero attached hydrogens (tertiary/aromatic N) is 4. The molecule has 2 aliphatic carbocycles. The molecular weight excluding hydrogens is 366 g/mol. The van der Waals surface area contributed by atoms with Crippen LogP contribution in [0, 0.1) is 11.8 Å². The first-order valence-corrected chi connectivity index (χ1v) is 9.78. The highest BCUT2D eigenvalue weighted by Crippen LogP contribution is 2.45. The number of fused-ring (bicyclic) bond motifs is 3. The Morgan fingerprint density at radius 2 is 1.89 bits per heavy atom. The summed E-state index contributed by atoms with van der Waals surface area (Å²) in [5.74, 6) is 1.45. The molecule has 3 fully saturated rings. The SMILES string of the molecule is OCC1OC(Cn2cnc3c(NC4CC5CC(O)C4C5)ncnc32)C(O)C1O. The molecule has 8 unspecified atom stereocenters. The quantitative estimate of drug-likeness (QED) is 0.428. The molecule has 5 N–H and O–H groups in total. The molecule has 0 aromatic carbocycles. The van der Waals surface area contributed by atoms with Crippen molar-refractivity contribution in [1.82, 2.24) is 19.5 Å². The Morgan fingerprint density at radius 3 is 2.61 bits per heavy atom. The Kier molecular flexibility index (Phi) is 4.48. The maximum Gasteiger partial charge on any atom is 0.165 e. The van der Waals surface area contributed by atoms with Gasteiger partial charge in [-0.15, -0.1) is 0 Å². The molecule has 5 rings (SSSR count). The van der Waals surface area contributed by atoms with Gasteiger partial charge in [-0.2, -0.15) is 0 Å². The number of rotatable bonds is 5. The van der Waals surface area contributed by atoms with Gasteiger partial charge < -0.3 is 35.0 Å². The fourth-order valence-corrected chi connectivity index (χ4v) is 5.10. The van der Waals surface area contributed by atoms with Crippen molar-refractivity contribution in [3.8, 4) is 0 Å². The molecule has 2 bridgehead atoms. The number of nitrogens with one attached hydrogen (secondary N) is 1. The normalized spacial score (nSPS) is 39.9. The van der Waals surface area contributed by atoms with Crippen molar-refractivity contribution in [1.29, 1.82) is 0 Å². The van der Waals surface area contributed by atoms with Gasteiger partial charge in [-0.3, -0.25) is 0 Å². The second-order valence-corrected chi connectivity index (χ2v) is 8.22. The van der Waals surface area contributed by atoms with E-state index in [4.69, 9.17) is 4.74 Å². The van der Waals surface area contributed by atoms with E-state index in [2.05, 4.69) is 20.3 Å². The van der Waals surface area contributed by atoms with Crippen LogP contribution in [0.1, 0.15) is 19.3 Å². The standard InChI is InChI=1S/C18H25N5O5/c24-5-13-16(27)15(26)12(28-13)4-23-7-21-14-17(19-6-20-18(14)23)22-10-2-8-1-9(10)11(25)3-8/h6-13,15-16,24-27H,1-5H2,(H,19,20,22). The van der Waals surface area contributed by atoms with Crippen LogP contribution in [-0.4, -0.2) is 83.1 Å². The molecule has 10 heteroatoms. The number of aromatic nitrogens is 4. The summed E-state index contributed by atoms with van der Waals surface area (Å²) in [6.07, 6.45) is 2.09. The lowest BCUT2D eigenvalue weighted by Gasteiger charge is -2.27. The number of hydrogen-bond acceptors (Lipinski definition) is 9. The third-order valence-corrected chi connectivity index (χ3v) is 6.52. The van der Waals surface area contributed by atoms with Crippen molar-refractivity contribution in [2.75, 3.05) is 11.9 Å². The van der Waals surface area contributed by atoms with E-state index in [9.17, 15) is 20.4 Å². The van der Waals surface area contributed by atoms with Crippen molar-refractivity contribution in [3.63, 3.8) is 0 Å². The number of ether oxygens (including phenoxy) is 1. The van der Waals surface area contributed by atoms with Crippen molar-refractivity contribution < 1.29 is 25.2 Å². The van der Waals surface area contributed by atoms with Gasteiger partial charge in [0.15, 0.2) is 11.5 Å². The van der Waals surface area contributed by atoms with Crippen LogP contribution in [0.4, 0.5) is 5.82 Å². The molecule has 2 saturated carbocycles. The van der Waals surface area contributed by atoms with E-state index in [0.717, 1.165) is 19.3 Å². The van der Waals surface area contributed by atoms with Gasteiger partial charge in [0.25, 0.3) is 0 Å². The molecule has 2 aromatic rings. The molecule has 152 valence electrons. The van der Waals surface area contributed by atoms with Crippen LogP contribution in [0.3, 0.4) is 0 Å². The van der Waals surface area contributed by atoms with Gasteiger partial charge in [0.05, 0.1) is 25.6 Å². The smallest absolute Gasteiger partial charge is 0.165 e. The molecular formula is C18H25N5O5. The Bertz CT molecular complexity index is 862. The minimum Gasteiger partial charge on any atom is -0.394 e. The molecule has 0 radical (unpaired) electrons. The molecule has 1 aliphatic heterocycles. The molecule has 8 atom stereocenters. The van der Waals surface area contributed by atoms with Gasteiger partial charge in [0, 0.05) is 12.0 Å². The average Bonchev–Trinajstić information content (AvgIpc) is 3.42. The minimum absolute atomic E-state index is 0.178. The second-order valence-electron chi connectivity index (χ2n) is 8.22. The lowest BCUT2D eigenvalue weighted by atomic mass is 9.93.